The number of methoxy groups -OCH3 is 1. The van der Waals surface area contributed by atoms with Crippen molar-refractivity contribution in [3.05, 3.63) is 16.1 Å². The maximum absolute atomic E-state index is 12.3. The van der Waals surface area contributed by atoms with Gasteiger partial charge in [0.25, 0.3) is 0 Å². The number of halogens is 1. The van der Waals surface area contributed by atoms with Crippen LogP contribution in [-0.2, 0) is 9.59 Å². The van der Waals surface area contributed by atoms with Crippen LogP contribution >= 0.6 is 11.6 Å². The summed E-state index contributed by atoms with van der Waals surface area (Å²) in [4.78, 5) is 47.0. The molecule has 0 atom stereocenters. The van der Waals surface area contributed by atoms with Gasteiger partial charge in [-0.1, -0.05) is 11.6 Å². The Balaban J connectivity index is 3.70. The number of nitrogens with two attached hydrogens (primary N) is 2. The Kier molecular flexibility index (Phi) is 5.86. The van der Waals surface area contributed by atoms with Gasteiger partial charge in [0, 0.05) is 0 Å². The fourth-order valence-electron chi connectivity index (χ4n) is 2.14. The molecule has 0 fully saturated rings. The van der Waals surface area contributed by atoms with Crippen LogP contribution in [0.1, 0.15) is 47.4 Å². The Morgan fingerprint density at radius 1 is 0.913 bits per heavy atom. The molecule has 0 bridgehead atoms. The molecule has 1 aromatic carbocycles. The SMILES string of the molecule is COc1c(N)c(C(=O)CC(C)=O)c(C(=O)CC(C)=O)c(N)c1Cl. The van der Waals surface area contributed by atoms with Crippen molar-refractivity contribution < 1.29 is 23.9 Å². The van der Waals surface area contributed by atoms with E-state index in [-0.39, 0.29) is 33.3 Å². The van der Waals surface area contributed by atoms with Crippen LogP contribution in [0, 0.1) is 0 Å². The van der Waals surface area contributed by atoms with E-state index in [1.54, 1.807) is 0 Å². The molecule has 0 unspecified atom stereocenters. The first-order valence-electron chi connectivity index (χ1n) is 6.61. The predicted molar refractivity (Wildman–Crippen MR) is 86.1 cm³/mol. The van der Waals surface area contributed by atoms with Gasteiger partial charge >= 0.3 is 0 Å². The molecule has 1 rings (SSSR count). The van der Waals surface area contributed by atoms with E-state index in [1.165, 1.54) is 21.0 Å². The van der Waals surface area contributed by atoms with Crippen LogP contribution in [0.4, 0.5) is 11.4 Å². The Morgan fingerprint density at radius 3 is 1.65 bits per heavy atom. The number of ketones is 4. The van der Waals surface area contributed by atoms with Crippen molar-refractivity contribution in [3.63, 3.8) is 0 Å². The van der Waals surface area contributed by atoms with Crippen LogP contribution in [0.25, 0.3) is 0 Å². The monoisotopic (exact) mass is 340 g/mol. The molecule has 8 heteroatoms. The Labute approximate surface area is 137 Å². The third-order valence-corrected chi connectivity index (χ3v) is 3.43. The summed E-state index contributed by atoms with van der Waals surface area (Å²) in [7, 11) is 1.27. The van der Waals surface area contributed by atoms with Gasteiger partial charge in [0.15, 0.2) is 17.3 Å². The van der Waals surface area contributed by atoms with E-state index in [9.17, 15) is 19.2 Å². The molecule has 0 radical (unpaired) electrons. The molecule has 0 aliphatic carbocycles. The second-order valence-corrected chi connectivity index (χ2v) is 5.41. The molecule has 0 aromatic heterocycles. The van der Waals surface area contributed by atoms with Crippen molar-refractivity contribution in [2.45, 2.75) is 26.7 Å². The highest BCUT2D eigenvalue weighted by molar-refractivity contribution is 6.37. The quantitative estimate of drug-likeness (QED) is 0.440. The van der Waals surface area contributed by atoms with E-state index >= 15 is 0 Å². The summed E-state index contributed by atoms with van der Waals surface area (Å²) in [5.41, 5.74) is 10.8. The highest BCUT2D eigenvalue weighted by Crippen LogP contribution is 2.42. The number of nitrogen functional groups attached to an aromatic ring is 2. The lowest BCUT2D eigenvalue weighted by molar-refractivity contribution is -0.117. The van der Waals surface area contributed by atoms with Crippen LogP contribution < -0.4 is 16.2 Å². The molecular formula is C15H17ClN2O5. The summed E-state index contributed by atoms with van der Waals surface area (Å²) in [6.07, 6.45) is -0.929. The molecule has 0 spiro atoms. The highest BCUT2D eigenvalue weighted by Gasteiger charge is 2.29. The largest absolute Gasteiger partial charge is 0.493 e. The summed E-state index contributed by atoms with van der Waals surface area (Å²) >= 11 is 6.02. The fraction of sp³-hybridized carbons (Fsp3) is 0.333. The van der Waals surface area contributed by atoms with Crippen LogP contribution in [0.5, 0.6) is 5.75 Å². The summed E-state index contributed by atoms with van der Waals surface area (Å²) in [5.74, 6) is -2.27. The Morgan fingerprint density at radius 2 is 1.30 bits per heavy atom. The van der Waals surface area contributed by atoms with Gasteiger partial charge in [0.05, 0.1) is 42.5 Å². The molecule has 7 nitrogen and oxygen atoms in total. The van der Waals surface area contributed by atoms with Crippen molar-refractivity contribution in [1.29, 1.82) is 0 Å². The van der Waals surface area contributed by atoms with Gasteiger partial charge in [-0.25, -0.2) is 0 Å². The predicted octanol–water partition coefficient (Wildman–Crippen LogP) is 1.84. The maximum atomic E-state index is 12.3. The van der Waals surface area contributed by atoms with E-state index in [4.69, 9.17) is 27.8 Å². The molecule has 0 heterocycles. The summed E-state index contributed by atoms with van der Waals surface area (Å²) in [5, 5.41) is -0.128. The van der Waals surface area contributed by atoms with Crippen molar-refractivity contribution in [3.8, 4) is 5.75 Å². The number of benzene rings is 1. The molecule has 0 saturated heterocycles. The zero-order valence-electron chi connectivity index (χ0n) is 13.0. The summed E-state index contributed by atoms with van der Waals surface area (Å²) in [6.45, 7) is 2.45. The number of rotatable bonds is 7. The molecule has 0 aliphatic heterocycles. The Hall–Kier alpha value is -2.41. The van der Waals surface area contributed by atoms with Crippen molar-refractivity contribution >= 4 is 46.1 Å². The second-order valence-electron chi connectivity index (χ2n) is 5.03. The van der Waals surface area contributed by atoms with E-state index in [2.05, 4.69) is 0 Å². The summed E-state index contributed by atoms with van der Waals surface area (Å²) in [6, 6.07) is 0. The topological polar surface area (TPSA) is 130 Å². The van der Waals surface area contributed by atoms with Gasteiger partial charge in [0.1, 0.15) is 16.6 Å². The number of hydrogen-bond donors (Lipinski definition) is 2. The molecular weight excluding hydrogens is 324 g/mol. The van der Waals surface area contributed by atoms with E-state index < -0.39 is 36.0 Å². The van der Waals surface area contributed by atoms with Gasteiger partial charge in [-0.2, -0.15) is 0 Å². The molecule has 4 N–H and O–H groups in total. The number of anilines is 2. The third-order valence-electron chi connectivity index (χ3n) is 3.05. The minimum absolute atomic E-state index is 0.0598. The van der Waals surface area contributed by atoms with Crippen LogP contribution in [0.3, 0.4) is 0 Å². The average Bonchev–Trinajstić information content (AvgIpc) is 2.41. The van der Waals surface area contributed by atoms with Gasteiger partial charge in [-0.15, -0.1) is 0 Å². The third kappa shape index (κ3) is 3.87. The molecule has 0 saturated carbocycles. The van der Waals surface area contributed by atoms with E-state index in [0.717, 1.165) is 0 Å². The van der Waals surface area contributed by atoms with Gasteiger partial charge < -0.3 is 16.2 Å². The lowest BCUT2D eigenvalue weighted by Crippen LogP contribution is -2.19. The smallest absolute Gasteiger partial charge is 0.173 e. The number of carbonyl (C=O) groups is 4. The number of Topliss-reactive ketones (excluding diaryl/α,β-unsaturated/α-hetero) is 4. The van der Waals surface area contributed by atoms with Crippen molar-refractivity contribution in [2.75, 3.05) is 18.6 Å². The highest BCUT2D eigenvalue weighted by atomic mass is 35.5. The Bertz CT molecular complexity index is 713. The van der Waals surface area contributed by atoms with Gasteiger partial charge in [-0.3, -0.25) is 19.2 Å². The summed E-state index contributed by atoms with van der Waals surface area (Å²) < 4.78 is 5.02. The van der Waals surface area contributed by atoms with E-state index in [1.807, 2.05) is 0 Å². The molecule has 1 aromatic rings. The number of hydrogen-bond acceptors (Lipinski definition) is 7. The van der Waals surface area contributed by atoms with Crippen molar-refractivity contribution in [2.24, 2.45) is 0 Å². The van der Waals surface area contributed by atoms with Gasteiger partial charge in [-0.05, 0) is 13.8 Å². The van der Waals surface area contributed by atoms with Crippen LogP contribution in [0.15, 0.2) is 0 Å². The second kappa shape index (κ2) is 7.23. The maximum Gasteiger partial charge on any atom is 0.173 e. The fourth-order valence-corrected chi connectivity index (χ4v) is 2.41. The average molecular weight is 341 g/mol. The first kappa shape index (κ1) is 18.6. The minimum atomic E-state index is -0.696. The molecule has 124 valence electrons. The lowest BCUT2D eigenvalue weighted by Gasteiger charge is -2.18. The zero-order valence-corrected chi connectivity index (χ0v) is 13.7. The van der Waals surface area contributed by atoms with Crippen LogP contribution in [-0.4, -0.2) is 30.2 Å². The molecule has 0 aliphatic rings. The van der Waals surface area contributed by atoms with Crippen molar-refractivity contribution in [1.82, 2.24) is 0 Å². The number of ether oxygens (including phenoxy) is 1. The van der Waals surface area contributed by atoms with E-state index in [0.29, 0.717) is 0 Å². The minimum Gasteiger partial charge on any atom is -0.493 e. The first-order valence-corrected chi connectivity index (χ1v) is 6.99. The lowest BCUT2D eigenvalue weighted by atomic mass is 9.92. The van der Waals surface area contributed by atoms with Gasteiger partial charge in [0.2, 0.25) is 0 Å². The standard InChI is InChI=1S/C15H17ClN2O5/c1-6(19)4-8(21)10-11(9(22)5-7(2)20)14(18)15(23-3)12(16)13(10)17/h4-5,17-18H2,1-3H3. The number of carbonyl (C=O) groups excluding carboxylic acids is 4. The first-order chi connectivity index (χ1) is 10.6. The molecule has 23 heavy (non-hydrogen) atoms. The van der Waals surface area contributed by atoms with Crippen LogP contribution in [0.2, 0.25) is 5.02 Å². The normalized spacial score (nSPS) is 10.3. The zero-order chi connectivity index (χ0) is 17.9. The molecule has 0 amide bonds.